The minimum Gasteiger partial charge on any atom is -0.494 e. The third-order valence-corrected chi connectivity index (χ3v) is 5.22. The van der Waals surface area contributed by atoms with E-state index in [0.717, 1.165) is 35.0 Å². The molecule has 3 heterocycles. The fraction of sp³-hybridized carbons (Fsp3) is 0.458. The number of methoxy groups -OCH3 is 1. The van der Waals surface area contributed by atoms with E-state index >= 15 is 0 Å². The first-order valence-electron chi connectivity index (χ1n) is 10.7. The molecule has 2 aromatic heterocycles. The molecule has 0 atom stereocenters. The Morgan fingerprint density at radius 3 is 2.50 bits per heavy atom. The second-order valence-electron chi connectivity index (χ2n) is 7.49. The smallest absolute Gasteiger partial charge is 0.146 e. The van der Waals surface area contributed by atoms with Crippen molar-refractivity contribution in [3.05, 3.63) is 65.1 Å². The van der Waals surface area contributed by atoms with Crippen LogP contribution in [0.2, 0.25) is 0 Å². The number of allylic oxidation sites excluding steroid dienone is 1. The second-order valence-corrected chi connectivity index (χ2v) is 7.49. The Morgan fingerprint density at radius 2 is 1.79 bits per heavy atom. The molecule has 3 rings (SSSR count). The van der Waals surface area contributed by atoms with Crippen LogP contribution in [0.15, 0.2) is 53.0 Å². The molecule has 0 amide bonds. The van der Waals surface area contributed by atoms with E-state index in [9.17, 15) is 0 Å². The van der Waals surface area contributed by atoms with Gasteiger partial charge in [0, 0.05) is 23.7 Å². The van der Waals surface area contributed by atoms with Gasteiger partial charge in [0.25, 0.3) is 0 Å². The van der Waals surface area contributed by atoms with E-state index < -0.39 is 0 Å². The number of aryl methyl sites for hydroxylation is 1. The summed E-state index contributed by atoms with van der Waals surface area (Å²) in [6, 6.07) is 8.31. The quantitative estimate of drug-likeness (QED) is 0.412. The van der Waals surface area contributed by atoms with E-state index in [1.165, 1.54) is 57.1 Å². The Hall–Kier alpha value is -2.49. The summed E-state index contributed by atoms with van der Waals surface area (Å²) >= 11 is 0. The van der Waals surface area contributed by atoms with Crippen LogP contribution in [-0.4, -0.2) is 22.8 Å². The number of nitrogens with one attached hydrogen (secondary N) is 2. The highest BCUT2D eigenvalue weighted by Crippen LogP contribution is 2.24. The van der Waals surface area contributed by atoms with Crippen molar-refractivity contribution in [3.63, 3.8) is 0 Å². The van der Waals surface area contributed by atoms with Gasteiger partial charge in [0.15, 0.2) is 0 Å². The lowest BCUT2D eigenvalue weighted by Crippen LogP contribution is -1.93. The van der Waals surface area contributed by atoms with Crippen LogP contribution in [0.25, 0.3) is 6.08 Å². The standard InChI is InChI=1S/C24H33N3O/c1-3-4-5-6-7-8-9-10-12-19-14-15-20(26-19)17-23-24(28-2)18-22(27-23)21-13-11-16-25-21/h11,13-18,25-26H,3-10,12H2,1-2H3. The van der Waals surface area contributed by atoms with Crippen LogP contribution in [0, 0.1) is 0 Å². The first kappa shape index (κ1) is 20.2. The Morgan fingerprint density at radius 1 is 1.00 bits per heavy atom. The van der Waals surface area contributed by atoms with Crippen LogP contribution >= 0.6 is 0 Å². The number of unbranched alkanes of at least 4 members (excludes halogenated alkanes) is 7. The lowest BCUT2D eigenvalue weighted by atomic mass is 10.1. The van der Waals surface area contributed by atoms with Gasteiger partial charge >= 0.3 is 0 Å². The molecule has 4 nitrogen and oxygen atoms in total. The van der Waals surface area contributed by atoms with Crippen molar-refractivity contribution in [1.29, 1.82) is 0 Å². The third-order valence-electron chi connectivity index (χ3n) is 5.22. The third kappa shape index (κ3) is 5.75. The average Bonchev–Trinajstić information content (AvgIpc) is 3.45. The highest BCUT2D eigenvalue weighted by Gasteiger charge is 2.17. The molecular weight excluding hydrogens is 346 g/mol. The molecule has 2 N–H and O–H groups in total. The van der Waals surface area contributed by atoms with E-state index in [-0.39, 0.29) is 0 Å². The summed E-state index contributed by atoms with van der Waals surface area (Å²) in [5.74, 6) is 0.795. The monoisotopic (exact) mass is 379 g/mol. The zero-order valence-corrected chi connectivity index (χ0v) is 17.3. The molecule has 2 aromatic rings. The molecule has 0 radical (unpaired) electrons. The predicted molar refractivity (Wildman–Crippen MR) is 118 cm³/mol. The van der Waals surface area contributed by atoms with Crippen LogP contribution in [0.3, 0.4) is 0 Å². The molecule has 0 unspecified atom stereocenters. The second kappa shape index (κ2) is 10.7. The summed E-state index contributed by atoms with van der Waals surface area (Å²) in [5.41, 5.74) is 5.13. The van der Waals surface area contributed by atoms with E-state index in [4.69, 9.17) is 9.73 Å². The topological polar surface area (TPSA) is 53.2 Å². The SMILES string of the molecule is CCCCCCCCCCc1ccc(C=C2N=C(c3ccc[nH]3)C=C2OC)[nH]1. The number of rotatable bonds is 12. The summed E-state index contributed by atoms with van der Waals surface area (Å²) in [7, 11) is 1.69. The number of nitrogens with zero attached hydrogens (tertiary/aromatic N) is 1. The summed E-state index contributed by atoms with van der Waals surface area (Å²) in [6.45, 7) is 2.27. The van der Waals surface area contributed by atoms with Gasteiger partial charge in [-0.1, -0.05) is 51.9 Å². The van der Waals surface area contributed by atoms with E-state index in [1.807, 2.05) is 24.4 Å². The van der Waals surface area contributed by atoms with Gasteiger partial charge in [0.05, 0.1) is 18.5 Å². The van der Waals surface area contributed by atoms with Gasteiger partial charge < -0.3 is 14.7 Å². The van der Waals surface area contributed by atoms with Gasteiger partial charge in [-0.25, -0.2) is 4.99 Å². The summed E-state index contributed by atoms with van der Waals surface area (Å²) < 4.78 is 5.51. The molecule has 1 aliphatic rings. The van der Waals surface area contributed by atoms with Crippen molar-refractivity contribution < 1.29 is 4.74 Å². The fourth-order valence-electron chi connectivity index (χ4n) is 3.60. The van der Waals surface area contributed by atoms with Gasteiger partial charge in [-0.3, -0.25) is 0 Å². The Bertz CT molecular complexity index is 809. The molecule has 28 heavy (non-hydrogen) atoms. The minimum atomic E-state index is 0.795. The van der Waals surface area contributed by atoms with Crippen molar-refractivity contribution >= 4 is 11.8 Å². The molecule has 4 heteroatoms. The highest BCUT2D eigenvalue weighted by molar-refractivity contribution is 6.11. The number of H-pyrrole nitrogens is 2. The molecule has 0 spiro atoms. The number of aromatic nitrogens is 2. The number of aromatic amines is 2. The van der Waals surface area contributed by atoms with Crippen molar-refractivity contribution in [2.45, 2.75) is 64.7 Å². The first-order chi connectivity index (χ1) is 13.8. The van der Waals surface area contributed by atoms with E-state index in [0.29, 0.717) is 0 Å². The molecule has 0 fully saturated rings. The Kier molecular flexibility index (Phi) is 7.77. The van der Waals surface area contributed by atoms with E-state index in [2.05, 4.69) is 35.1 Å². The number of ether oxygens (including phenoxy) is 1. The molecular formula is C24H33N3O. The molecule has 0 saturated heterocycles. The lowest BCUT2D eigenvalue weighted by Gasteiger charge is -2.02. The summed E-state index contributed by atoms with van der Waals surface area (Å²) in [4.78, 5) is 11.4. The Balaban J connectivity index is 1.49. The van der Waals surface area contributed by atoms with Crippen molar-refractivity contribution in [3.8, 4) is 0 Å². The van der Waals surface area contributed by atoms with Gasteiger partial charge in [0.1, 0.15) is 11.5 Å². The van der Waals surface area contributed by atoms with Gasteiger partial charge in [-0.2, -0.15) is 0 Å². The van der Waals surface area contributed by atoms with Crippen LogP contribution in [0.1, 0.15) is 75.4 Å². The maximum Gasteiger partial charge on any atom is 0.146 e. The van der Waals surface area contributed by atoms with Crippen LogP contribution in [-0.2, 0) is 11.2 Å². The van der Waals surface area contributed by atoms with Gasteiger partial charge in [-0.05, 0) is 43.2 Å². The normalized spacial score (nSPS) is 15.1. The average molecular weight is 380 g/mol. The first-order valence-corrected chi connectivity index (χ1v) is 10.7. The van der Waals surface area contributed by atoms with E-state index in [1.54, 1.807) is 7.11 Å². The highest BCUT2D eigenvalue weighted by atomic mass is 16.5. The zero-order valence-electron chi connectivity index (χ0n) is 17.3. The molecule has 1 aliphatic heterocycles. The van der Waals surface area contributed by atoms with Gasteiger partial charge in [-0.15, -0.1) is 0 Å². The predicted octanol–water partition coefficient (Wildman–Crippen LogP) is 6.40. The maximum atomic E-state index is 5.51. The molecule has 0 aliphatic carbocycles. The molecule has 0 bridgehead atoms. The molecule has 0 saturated carbocycles. The number of aliphatic imine (C=N–C) groups is 1. The van der Waals surface area contributed by atoms with Crippen molar-refractivity contribution in [1.82, 2.24) is 9.97 Å². The summed E-state index contributed by atoms with van der Waals surface area (Å²) in [5, 5.41) is 0. The maximum absolute atomic E-state index is 5.51. The number of hydrogen-bond donors (Lipinski definition) is 2. The van der Waals surface area contributed by atoms with Crippen molar-refractivity contribution in [2.24, 2.45) is 4.99 Å². The largest absolute Gasteiger partial charge is 0.494 e. The van der Waals surface area contributed by atoms with Gasteiger partial charge in [0.2, 0.25) is 0 Å². The molecule has 0 aromatic carbocycles. The number of hydrogen-bond acceptors (Lipinski definition) is 2. The van der Waals surface area contributed by atoms with Crippen LogP contribution in [0.4, 0.5) is 0 Å². The zero-order chi connectivity index (χ0) is 19.6. The summed E-state index contributed by atoms with van der Waals surface area (Å²) in [6.07, 6.45) is 17.9. The fourth-order valence-corrected chi connectivity index (χ4v) is 3.60. The Labute approximate surface area is 168 Å². The molecule has 150 valence electrons. The lowest BCUT2D eigenvalue weighted by molar-refractivity contribution is 0.303. The van der Waals surface area contributed by atoms with Crippen LogP contribution in [0.5, 0.6) is 0 Å². The minimum absolute atomic E-state index is 0.795. The van der Waals surface area contributed by atoms with Crippen molar-refractivity contribution in [2.75, 3.05) is 7.11 Å². The van der Waals surface area contributed by atoms with Crippen LogP contribution < -0.4 is 0 Å².